The van der Waals surface area contributed by atoms with Gasteiger partial charge >= 0.3 is 0 Å². The molecule has 38 heavy (non-hydrogen) atoms. The van der Waals surface area contributed by atoms with Crippen LogP contribution in [0.4, 0.5) is 11.4 Å². The van der Waals surface area contributed by atoms with E-state index in [0.29, 0.717) is 0 Å². The fourth-order valence-corrected chi connectivity index (χ4v) is 5.35. The van der Waals surface area contributed by atoms with Crippen molar-refractivity contribution in [3.8, 4) is 0 Å². The van der Waals surface area contributed by atoms with Crippen molar-refractivity contribution in [1.82, 2.24) is 4.48 Å². The summed E-state index contributed by atoms with van der Waals surface area (Å²) in [5, 5.41) is 6.09. The summed E-state index contributed by atoms with van der Waals surface area (Å²) >= 11 is 0. The van der Waals surface area contributed by atoms with E-state index in [1.54, 1.807) is 12.1 Å². The number of anilines is 1. The molecule has 0 atom stereocenters. The van der Waals surface area contributed by atoms with Gasteiger partial charge in [0.05, 0.1) is 24.6 Å². The molecule has 0 fully saturated rings. The van der Waals surface area contributed by atoms with Gasteiger partial charge in [-0.3, -0.25) is 4.48 Å². The summed E-state index contributed by atoms with van der Waals surface area (Å²) < 4.78 is 31.9. The second kappa shape index (κ2) is 11.4. The van der Waals surface area contributed by atoms with Gasteiger partial charge in [-0.2, -0.15) is 0 Å². The molecule has 6 heteroatoms. The fourth-order valence-electron chi connectivity index (χ4n) is 4.88. The van der Waals surface area contributed by atoms with Crippen LogP contribution in [0.15, 0.2) is 114 Å². The Morgan fingerprint density at radius 2 is 1.53 bits per heavy atom. The number of hydrogen-bond acceptors (Lipinski definition) is 4. The van der Waals surface area contributed by atoms with E-state index in [4.69, 9.17) is 0 Å². The molecule has 0 radical (unpaired) electrons. The van der Waals surface area contributed by atoms with Crippen LogP contribution in [0.2, 0.25) is 0 Å². The average molecular weight is 527 g/mol. The van der Waals surface area contributed by atoms with Gasteiger partial charge in [0.1, 0.15) is 21.5 Å². The van der Waals surface area contributed by atoms with Gasteiger partial charge in [-0.1, -0.05) is 73.5 Å². The topological polar surface area (TPSA) is 69.2 Å². The molecule has 0 saturated heterocycles. The van der Waals surface area contributed by atoms with Crippen LogP contribution in [0.25, 0.3) is 16.3 Å². The molecular formula is C32H34N2O3S. The quantitative estimate of drug-likeness (QED) is 0.209. The molecule has 4 aromatic carbocycles. The molecule has 1 heterocycles. The molecule has 4 aromatic rings. The van der Waals surface area contributed by atoms with Gasteiger partial charge in [0, 0.05) is 29.6 Å². The minimum Gasteiger partial charge on any atom is -0.744 e. The lowest BCUT2D eigenvalue weighted by atomic mass is 9.95. The number of nitrogens with one attached hydrogen (secondary N) is 1. The Labute approximate surface area is 226 Å². The molecule has 0 spiro atoms. The SMILES string of the molecule is CCCC1=C(C=CNc2ccccc2)[N+](C)(C)c2ccc3ccccc3c21.Cc1ccc(S(=O)(=O)[O-])cc1. The maximum absolute atomic E-state index is 10.4. The molecule has 5 nitrogen and oxygen atoms in total. The number of aryl methyl sites for hydroxylation is 1. The average Bonchev–Trinajstić information content (AvgIpc) is 3.11. The summed E-state index contributed by atoms with van der Waals surface area (Å²) in [6.07, 6.45) is 6.57. The number of likely N-dealkylation sites (N-methyl/N-ethyl adjacent to an activating group) is 1. The monoisotopic (exact) mass is 526 g/mol. The van der Waals surface area contributed by atoms with E-state index in [9.17, 15) is 13.0 Å². The van der Waals surface area contributed by atoms with Crippen molar-refractivity contribution in [3.63, 3.8) is 0 Å². The van der Waals surface area contributed by atoms with E-state index in [1.807, 2.05) is 13.0 Å². The largest absolute Gasteiger partial charge is 0.744 e. The van der Waals surface area contributed by atoms with Crippen molar-refractivity contribution in [2.24, 2.45) is 0 Å². The number of fused-ring (bicyclic) bond motifs is 3. The van der Waals surface area contributed by atoms with Crippen LogP contribution in [-0.2, 0) is 10.1 Å². The number of hydrogen-bond donors (Lipinski definition) is 1. The normalized spacial score (nSPS) is 14.3. The van der Waals surface area contributed by atoms with Crippen molar-refractivity contribution < 1.29 is 13.0 Å². The highest BCUT2D eigenvalue weighted by atomic mass is 32.2. The smallest absolute Gasteiger partial charge is 0.145 e. The van der Waals surface area contributed by atoms with E-state index in [-0.39, 0.29) is 4.90 Å². The highest BCUT2D eigenvalue weighted by molar-refractivity contribution is 7.85. The highest BCUT2D eigenvalue weighted by Gasteiger charge is 2.38. The molecule has 196 valence electrons. The molecule has 1 aliphatic heterocycles. The predicted octanol–water partition coefficient (Wildman–Crippen LogP) is 7.46. The highest BCUT2D eigenvalue weighted by Crippen LogP contribution is 2.48. The Morgan fingerprint density at radius 1 is 0.868 bits per heavy atom. The summed E-state index contributed by atoms with van der Waals surface area (Å²) in [5.41, 5.74) is 7.69. The minimum absolute atomic E-state index is 0.178. The number of quaternary nitrogens is 1. The molecular weight excluding hydrogens is 492 g/mol. The Bertz CT molecular complexity index is 1590. The van der Waals surface area contributed by atoms with Crippen LogP contribution in [0.1, 0.15) is 30.9 Å². The second-order valence-corrected chi connectivity index (χ2v) is 11.2. The van der Waals surface area contributed by atoms with Crippen LogP contribution >= 0.6 is 0 Å². The molecule has 0 unspecified atom stereocenters. The first-order chi connectivity index (χ1) is 18.1. The van der Waals surface area contributed by atoms with Crippen LogP contribution in [0.3, 0.4) is 0 Å². The fraction of sp³-hybridized carbons (Fsp3) is 0.188. The maximum atomic E-state index is 10.4. The Morgan fingerprint density at radius 3 is 2.18 bits per heavy atom. The first-order valence-electron chi connectivity index (χ1n) is 12.7. The number of para-hydroxylation sites is 1. The van der Waals surface area contributed by atoms with Crippen molar-refractivity contribution in [1.29, 1.82) is 0 Å². The van der Waals surface area contributed by atoms with Gasteiger partial charge in [0.2, 0.25) is 0 Å². The van der Waals surface area contributed by atoms with Gasteiger partial charge in [0.25, 0.3) is 0 Å². The van der Waals surface area contributed by atoms with Crippen LogP contribution in [0, 0.1) is 6.92 Å². The summed E-state index contributed by atoms with van der Waals surface area (Å²) in [6, 6.07) is 29.4. The molecule has 0 aliphatic carbocycles. The molecule has 5 rings (SSSR count). The summed E-state index contributed by atoms with van der Waals surface area (Å²) in [7, 11) is 0.311. The second-order valence-electron chi connectivity index (χ2n) is 9.86. The maximum Gasteiger partial charge on any atom is 0.145 e. The predicted molar refractivity (Wildman–Crippen MR) is 158 cm³/mol. The standard InChI is InChI=1S/C25H27N2.C7H8O3S/c1-4-10-22-23(17-18-26-20-12-6-5-7-13-20)27(2,3)24-16-15-19-11-8-9-14-21(19)25(22)24;1-6-2-4-7(5-3-6)11(8,9)10/h5-9,11-18,26H,4,10H2,1-3H3;2-5H,1H3,(H,8,9,10)/q+1;/p-1. The Kier molecular flexibility index (Phi) is 8.17. The van der Waals surface area contributed by atoms with Crippen molar-refractivity contribution in [3.05, 3.63) is 120 Å². The van der Waals surface area contributed by atoms with Crippen molar-refractivity contribution in [2.75, 3.05) is 19.4 Å². The van der Waals surface area contributed by atoms with Gasteiger partial charge in [0.15, 0.2) is 0 Å². The van der Waals surface area contributed by atoms with Crippen LogP contribution in [-0.4, -0.2) is 27.1 Å². The first-order valence-corrected chi connectivity index (χ1v) is 14.1. The Hall–Kier alpha value is -3.71. The van der Waals surface area contributed by atoms with E-state index in [0.717, 1.165) is 28.6 Å². The van der Waals surface area contributed by atoms with Gasteiger partial charge in [-0.05, 0) is 54.4 Å². The van der Waals surface area contributed by atoms with E-state index >= 15 is 0 Å². The molecule has 0 saturated carbocycles. The third-order valence-electron chi connectivity index (χ3n) is 6.80. The van der Waals surface area contributed by atoms with Crippen molar-refractivity contribution in [2.45, 2.75) is 31.6 Å². The Balaban J connectivity index is 0.000000257. The van der Waals surface area contributed by atoms with E-state index < -0.39 is 10.1 Å². The van der Waals surface area contributed by atoms with Gasteiger partial charge < -0.3 is 9.87 Å². The zero-order valence-corrected chi connectivity index (χ0v) is 23.1. The first kappa shape index (κ1) is 27.3. The molecule has 1 N–H and O–H groups in total. The van der Waals surface area contributed by atoms with Gasteiger partial charge in [-0.25, -0.2) is 8.42 Å². The molecule has 1 aliphatic rings. The summed E-state index contributed by atoms with van der Waals surface area (Å²) in [4.78, 5) is -0.178. The van der Waals surface area contributed by atoms with Crippen molar-refractivity contribution >= 4 is 37.8 Å². The van der Waals surface area contributed by atoms with E-state index in [1.165, 1.54) is 45.4 Å². The van der Waals surface area contributed by atoms with E-state index in [2.05, 4.69) is 99.3 Å². The lowest BCUT2D eigenvalue weighted by Crippen LogP contribution is -2.36. The lowest BCUT2D eigenvalue weighted by Gasteiger charge is -2.26. The molecule has 0 bridgehead atoms. The zero-order chi connectivity index (χ0) is 27.3. The lowest BCUT2D eigenvalue weighted by molar-refractivity contribution is 0.463. The number of rotatable bonds is 6. The van der Waals surface area contributed by atoms with Crippen LogP contribution < -0.4 is 9.80 Å². The zero-order valence-electron chi connectivity index (χ0n) is 22.3. The summed E-state index contributed by atoms with van der Waals surface area (Å²) in [5.74, 6) is 0. The third-order valence-corrected chi connectivity index (χ3v) is 7.65. The number of benzene rings is 4. The molecule has 0 aromatic heterocycles. The van der Waals surface area contributed by atoms with Gasteiger partial charge in [-0.15, -0.1) is 0 Å². The van der Waals surface area contributed by atoms with Crippen LogP contribution in [0.5, 0.6) is 0 Å². The number of nitrogens with zero attached hydrogens (tertiary/aromatic N) is 1. The third kappa shape index (κ3) is 5.89. The molecule has 0 amide bonds. The summed E-state index contributed by atoms with van der Waals surface area (Å²) in [6.45, 7) is 4.08. The number of allylic oxidation sites excluding steroid dienone is 2. The minimum atomic E-state index is -4.27.